The number of nitriles is 1. The van der Waals surface area contributed by atoms with Gasteiger partial charge < -0.3 is 5.32 Å². The number of hydrogen-bond acceptors (Lipinski definition) is 7. The monoisotopic (exact) mass is 233 g/mol. The molecule has 0 spiro atoms. The number of rotatable bonds is 3. The van der Waals surface area contributed by atoms with E-state index in [1.807, 2.05) is 18.4 Å². The summed E-state index contributed by atoms with van der Waals surface area (Å²) < 4.78 is 0. The number of aryl methyl sites for hydroxylation is 1. The van der Waals surface area contributed by atoms with Crippen LogP contribution in [-0.2, 0) is 0 Å². The van der Waals surface area contributed by atoms with Crippen LogP contribution >= 0.6 is 11.3 Å². The van der Waals surface area contributed by atoms with Gasteiger partial charge in [-0.25, -0.2) is 4.98 Å². The summed E-state index contributed by atoms with van der Waals surface area (Å²) in [6.07, 6.45) is 1.50. The van der Waals surface area contributed by atoms with Crippen LogP contribution in [-0.4, -0.2) is 25.6 Å². The summed E-state index contributed by atoms with van der Waals surface area (Å²) >= 11 is 1.46. The standard InChI is InChI=1S/C8H7N7S/c1-5-4-16-8(11-5)10-3-6(2-9)7-12-14-15-13-7/h3-4H,1H3,(H,10,11)(H,12,13,14,15). The van der Waals surface area contributed by atoms with E-state index >= 15 is 0 Å². The van der Waals surface area contributed by atoms with E-state index in [4.69, 9.17) is 5.26 Å². The number of tetrazole rings is 1. The minimum absolute atomic E-state index is 0.253. The smallest absolute Gasteiger partial charge is 0.216 e. The van der Waals surface area contributed by atoms with Crippen molar-refractivity contribution in [3.05, 3.63) is 23.1 Å². The largest absolute Gasteiger partial charge is 0.337 e. The molecule has 0 saturated carbocycles. The van der Waals surface area contributed by atoms with Crippen LogP contribution in [0.5, 0.6) is 0 Å². The number of nitrogens with zero attached hydrogens (tertiary/aromatic N) is 5. The molecular weight excluding hydrogens is 226 g/mol. The van der Waals surface area contributed by atoms with Crippen molar-refractivity contribution in [2.75, 3.05) is 5.32 Å². The molecule has 0 saturated heterocycles. The van der Waals surface area contributed by atoms with Crippen LogP contribution in [0.3, 0.4) is 0 Å². The lowest BCUT2D eigenvalue weighted by Crippen LogP contribution is -1.92. The number of hydrogen-bond donors (Lipinski definition) is 2. The lowest BCUT2D eigenvalue weighted by molar-refractivity contribution is 0.881. The Labute approximate surface area is 94.8 Å². The number of allylic oxidation sites excluding steroid dienone is 1. The Kier molecular flexibility index (Phi) is 2.88. The number of thiazole rings is 1. The van der Waals surface area contributed by atoms with Crippen LogP contribution in [0.4, 0.5) is 5.13 Å². The van der Waals surface area contributed by atoms with Gasteiger partial charge in [-0.05, 0) is 12.1 Å². The third-order valence-corrected chi connectivity index (χ3v) is 2.56. The van der Waals surface area contributed by atoms with Crippen molar-refractivity contribution in [3.63, 3.8) is 0 Å². The third kappa shape index (κ3) is 2.21. The molecule has 0 aliphatic heterocycles. The van der Waals surface area contributed by atoms with Gasteiger partial charge in [-0.2, -0.15) is 10.5 Å². The van der Waals surface area contributed by atoms with Crippen molar-refractivity contribution in [1.82, 2.24) is 25.6 Å². The number of nitrogens with one attached hydrogen (secondary N) is 2. The second-order valence-electron chi connectivity index (χ2n) is 2.84. The zero-order valence-electron chi connectivity index (χ0n) is 8.30. The van der Waals surface area contributed by atoms with Crippen molar-refractivity contribution < 1.29 is 0 Å². The quantitative estimate of drug-likeness (QED) is 0.765. The van der Waals surface area contributed by atoms with Crippen LogP contribution in [0, 0.1) is 18.3 Å². The summed E-state index contributed by atoms with van der Waals surface area (Å²) in [6, 6.07) is 1.97. The topological polar surface area (TPSA) is 103 Å². The number of aromatic nitrogens is 5. The van der Waals surface area contributed by atoms with E-state index in [2.05, 4.69) is 30.9 Å². The molecule has 2 aromatic rings. The van der Waals surface area contributed by atoms with Crippen molar-refractivity contribution in [2.45, 2.75) is 6.92 Å². The van der Waals surface area contributed by atoms with E-state index in [0.717, 1.165) is 5.69 Å². The first kappa shape index (κ1) is 10.3. The van der Waals surface area contributed by atoms with Gasteiger partial charge in [0, 0.05) is 11.6 Å². The number of H-pyrrole nitrogens is 1. The molecule has 0 unspecified atom stereocenters. The SMILES string of the molecule is Cc1csc(NC=C(C#N)c2nn[nH]n2)n1. The molecule has 16 heavy (non-hydrogen) atoms. The minimum atomic E-state index is 0.253. The summed E-state index contributed by atoms with van der Waals surface area (Å²) in [6.45, 7) is 1.90. The van der Waals surface area contributed by atoms with Crippen LogP contribution in [0.15, 0.2) is 11.6 Å². The Balaban J connectivity index is 2.14. The molecule has 0 atom stereocenters. The summed E-state index contributed by atoms with van der Waals surface area (Å²) in [7, 11) is 0. The first-order valence-corrected chi connectivity index (χ1v) is 5.20. The molecule has 0 radical (unpaired) electrons. The molecule has 0 aliphatic carbocycles. The first-order chi connectivity index (χ1) is 7.79. The summed E-state index contributed by atoms with van der Waals surface area (Å²) in [5.41, 5.74) is 1.22. The molecule has 7 nitrogen and oxygen atoms in total. The van der Waals surface area contributed by atoms with Gasteiger partial charge >= 0.3 is 0 Å². The van der Waals surface area contributed by atoms with E-state index in [1.54, 1.807) is 0 Å². The molecule has 0 bridgehead atoms. The number of aromatic amines is 1. The average Bonchev–Trinajstić information content (AvgIpc) is 2.91. The van der Waals surface area contributed by atoms with Crippen molar-refractivity contribution in [2.24, 2.45) is 0 Å². The third-order valence-electron chi connectivity index (χ3n) is 1.67. The second kappa shape index (κ2) is 4.50. The molecule has 2 rings (SSSR count). The van der Waals surface area contributed by atoms with Gasteiger partial charge in [0.2, 0.25) is 5.82 Å². The van der Waals surface area contributed by atoms with Gasteiger partial charge in [-0.3, -0.25) is 0 Å². The molecule has 8 heteroatoms. The van der Waals surface area contributed by atoms with E-state index in [1.165, 1.54) is 17.5 Å². The van der Waals surface area contributed by atoms with Gasteiger partial charge in [-0.15, -0.1) is 21.5 Å². The van der Waals surface area contributed by atoms with Gasteiger partial charge in [0.25, 0.3) is 0 Å². The predicted octanol–water partition coefficient (Wildman–Crippen LogP) is 0.941. The van der Waals surface area contributed by atoms with E-state index in [0.29, 0.717) is 10.7 Å². The van der Waals surface area contributed by atoms with Crippen LogP contribution in [0.1, 0.15) is 11.5 Å². The second-order valence-corrected chi connectivity index (χ2v) is 3.70. The first-order valence-electron chi connectivity index (χ1n) is 4.32. The fourth-order valence-electron chi connectivity index (χ4n) is 0.977. The van der Waals surface area contributed by atoms with Crippen LogP contribution in [0.2, 0.25) is 0 Å². The van der Waals surface area contributed by atoms with Gasteiger partial charge in [0.1, 0.15) is 11.6 Å². The van der Waals surface area contributed by atoms with Gasteiger partial charge in [0.15, 0.2) is 5.13 Å². The van der Waals surface area contributed by atoms with E-state index in [9.17, 15) is 0 Å². The fourth-order valence-corrected chi connectivity index (χ4v) is 1.64. The lowest BCUT2D eigenvalue weighted by Gasteiger charge is -1.93. The van der Waals surface area contributed by atoms with E-state index < -0.39 is 0 Å². The molecule has 80 valence electrons. The average molecular weight is 233 g/mol. The Morgan fingerprint density at radius 3 is 3.12 bits per heavy atom. The zero-order valence-corrected chi connectivity index (χ0v) is 9.12. The minimum Gasteiger partial charge on any atom is -0.337 e. The maximum atomic E-state index is 8.88. The molecule has 0 amide bonds. The van der Waals surface area contributed by atoms with Crippen molar-refractivity contribution >= 4 is 22.0 Å². The molecule has 0 fully saturated rings. The fraction of sp³-hybridized carbons (Fsp3) is 0.125. The Bertz CT molecular complexity index is 533. The highest BCUT2D eigenvalue weighted by Gasteiger charge is 2.05. The highest BCUT2D eigenvalue weighted by molar-refractivity contribution is 7.13. The van der Waals surface area contributed by atoms with Gasteiger partial charge in [0.05, 0.1) is 5.69 Å². The lowest BCUT2D eigenvalue weighted by atomic mass is 10.3. The van der Waals surface area contributed by atoms with E-state index in [-0.39, 0.29) is 5.82 Å². The Hall–Kier alpha value is -2.27. The number of anilines is 1. The molecule has 2 heterocycles. The maximum Gasteiger partial charge on any atom is 0.216 e. The normalized spacial score (nSPS) is 11.1. The molecule has 0 aromatic carbocycles. The highest BCUT2D eigenvalue weighted by Crippen LogP contribution is 2.15. The summed E-state index contributed by atoms with van der Waals surface area (Å²) in [4.78, 5) is 4.19. The Morgan fingerprint density at radius 2 is 2.56 bits per heavy atom. The molecule has 2 N–H and O–H groups in total. The van der Waals surface area contributed by atoms with Crippen molar-refractivity contribution in [1.29, 1.82) is 5.26 Å². The summed E-state index contributed by atoms with van der Waals surface area (Å²) in [5.74, 6) is 0.253. The van der Waals surface area contributed by atoms with Crippen molar-refractivity contribution in [3.8, 4) is 6.07 Å². The van der Waals surface area contributed by atoms with Gasteiger partial charge in [-0.1, -0.05) is 0 Å². The molecule has 2 aromatic heterocycles. The maximum absolute atomic E-state index is 8.88. The predicted molar refractivity (Wildman–Crippen MR) is 58.2 cm³/mol. The Morgan fingerprint density at radius 1 is 1.69 bits per heavy atom. The highest BCUT2D eigenvalue weighted by atomic mass is 32.1. The zero-order chi connectivity index (χ0) is 11.4. The van der Waals surface area contributed by atoms with Crippen LogP contribution < -0.4 is 5.32 Å². The molecule has 0 aliphatic rings. The molecular formula is C8H7N7S. The summed E-state index contributed by atoms with van der Waals surface area (Å²) in [5, 5.41) is 27.5. The van der Waals surface area contributed by atoms with Crippen LogP contribution in [0.25, 0.3) is 5.57 Å².